The fraction of sp³-hybridized carbons (Fsp3) is 0.0625. The molecule has 0 radical (unpaired) electrons. The number of amides is 1. The number of rotatable bonds is 1. The third-order valence-corrected chi connectivity index (χ3v) is 3.85. The van der Waals surface area contributed by atoms with Crippen LogP contribution in [0.2, 0.25) is 0 Å². The van der Waals surface area contributed by atoms with E-state index >= 15 is 0 Å². The van der Waals surface area contributed by atoms with Crippen LogP contribution in [0.1, 0.15) is 11.1 Å². The molecular weight excluding hydrogens is 321 g/mol. The highest BCUT2D eigenvalue weighted by atomic mass is 79.9. The number of likely N-dealkylation sites (N-methyl/N-ethyl adjacent to an activating group) is 1. The van der Waals surface area contributed by atoms with Gasteiger partial charge >= 0.3 is 0 Å². The molecule has 2 aromatic rings. The quantitative estimate of drug-likeness (QED) is 0.720. The molecule has 0 N–H and O–H groups in total. The highest BCUT2D eigenvalue weighted by Gasteiger charge is 2.29. The van der Waals surface area contributed by atoms with Crippen molar-refractivity contribution in [3.8, 4) is 0 Å². The number of hydrogen-bond acceptors (Lipinski definition) is 1. The van der Waals surface area contributed by atoms with E-state index in [1.54, 1.807) is 30.2 Å². The Bertz CT molecular complexity index is 739. The van der Waals surface area contributed by atoms with Gasteiger partial charge in [-0.3, -0.25) is 4.79 Å². The molecule has 100 valence electrons. The number of carbonyl (C=O) groups excluding carboxylic acids is 1. The van der Waals surface area contributed by atoms with Crippen molar-refractivity contribution in [2.45, 2.75) is 0 Å². The van der Waals surface area contributed by atoms with Gasteiger partial charge < -0.3 is 4.90 Å². The lowest BCUT2D eigenvalue weighted by molar-refractivity contribution is -0.112. The van der Waals surface area contributed by atoms with Crippen molar-refractivity contribution >= 4 is 39.2 Å². The van der Waals surface area contributed by atoms with E-state index in [1.807, 2.05) is 24.3 Å². The number of hydrogen-bond donors (Lipinski definition) is 0. The first-order valence-corrected chi connectivity index (χ1v) is 6.91. The molecule has 0 spiro atoms. The van der Waals surface area contributed by atoms with Crippen LogP contribution < -0.4 is 4.90 Å². The first-order valence-electron chi connectivity index (χ1n) is 6.12. The van der Waals surface area contributed by atoms with E-state index in [2.05, 4.69) is 15.9 Å². The van der Waals surface area contributed by atoms with Crippen LogP contribution in [0.4, 0.5) is 10.1 Å². The minimum atomic E-state index is -0.355. The Labute approximate surface area is 124 Å². The Morgan fingerprint density at radius 3 is 2.70 bits per heavy atom. The molecule has 3 rings (SSSR count). The van der Waals surface area contributed by atoms with Gasteiger partial charge in [0.25, 0.3) is 5.91 Å². The van der Waals surface area contributed by atoms with Gasteiger partial charge in [-0.1, -0.05) is 40.2 Å². The lowest BCUT2D eigenvalue weighted by atomic mass is 10.0. The standard InChI is InChI=1S/C16H11BrFNO/c1-19-15-5-3-2-4-12(15)13(16(19)20)8-10-6-7-11(17)9-14(10)18/h2-9H,1H3/b13-8+. The van der Waals surface area contributed by atoms with Gasteiger partial charge in [0.1, 0.15) is 5.82 Å². The van der Waals surface area contributed by atoms with Crippen LogP contribution in [0.25, 0.3) is 11.6 Å². The van der Waals surface area contributed by atoms with Crippen LogP contribution in [0.15, 0.2) is 46.9 Å². The van der Waals surface area contributed by atoms with Crippen LogP contribution in [-0.2, 0) is 4.79 Å². The van der Waals surface area contributed by atoms with Crippen molar-refractivity contribution in [2.75, 3.05) is 11.9 Å². The smallest absolute Gasteiger partial charge is 0.258 e. The topological polar surface area (TPSA) is 20.3 Å². The van der Waals surface area contributed by atoms with E-state index in [1.165, 1.54) is 6.07 Å². The first-order chi connectivity index (χ1) is 9.58. The minimum Gasteiger partial charge on any atom is -0.311 e. The second-order valence-electron chi connectivity index (χ2n) is 4.61. The predicted octanol–water partition coefficient (Wildman–Crippen LogP) is 4.11. The first kappa shape index (κ1) is 13.1. The molecule has 20 heavy (non-hydrogen) atoms. The number of anilines is 1. The van der Waals surface area contributed by atoms with E-state index in [9.17, 15) is 9.18 Å². The Balaban J connectivity index is 2.14. The summed E-state index contributed by atoms with van der Waals surface area (Å²) in [6.45, 7) is 0. The maximum atomic E-state index is 13.9. The van der Waals surface area contributed by atoms with Gasteiger partial charge in [0, 0.05) is 28.2 Å². The molecule has 0 fully saturated rings. The van der Waals surface area contributed by atoms with Gasteiger partial charge in [-0.05, 0) is 24.3 Å². The predicted molar refractivity (Wildman–Crippen MR) is 81.8 cm³/mol. The second kappa shape index (κ2) is 4.87. The Hall–Kier alpha value is -1.94. The third kappa shape index (κ3) is 2.06. The average molecular weight is 332 g/mol. The largest absolute Gasteiger partial charge is 0.311 e. The van der Waals surface area contributed by atoms with Gasteiger partial charge in [-0.2, -0.15) is 0 Å². The van der Waals surface area contributed by atoms with E-state index in [0.717, 1.165) is 11.3 Å². The number of benzene rings is 2. The summed E-state index contributed by atoms with van der Waals surface area (Å²) in [5, 5.41) is 0. The Morgan fingerprint density at radius 2 is 1.95 bits per heavy atom. The summed E-state index contributed by atoms with van der Waals surface area (Å²) in [6.07, 6.45) is 1.60. The molecule has 0 aliphatic carbocycles. The molecule has 1 heterocycles. The van der Waals surface area contributed by atoms with E-state index < -0.39 is 0 Å². The Kier molecular flexibility index (Phi) is 3.18. The molecule has 2 nitrogen and oxygen atoms in total. The molecular formula is C16H11BrFNO. The van der Waals surface area contributed by atoms with E-state index in [0.29, 0.717) is 15.6 Å². The maximum Gasteiger partial charge on any atom is 0.258 e. The monoisotopic (exact) mass is 331 g/mol. The number of para-hydroxylation sites is 1. The molecule has 0 atom stereocenters. The zero-order valence-electron chi connectivity index (χ0n) is 10.7. The molecule has 2 aromatic carbocycles. The highest BCUT2D eigenvalue weighted by molar-refractivity contribution is 9.10. The van der Waals surface area contributed by atoms with Crippen molar-refractivity contribution in [3.63, 3.8) is 0 Å². The fourth-order valence-corrected chi connectivity index (χ4v) is 2.65. The zero-order chi connectivity index (χ0) is 14.3. The number of carbonyl (C=O) groups is 1. The summed E-state index contributed by atoms with van der Waals surface area (Å²) in [5.74, 6) is -0.472. The van der Waals surface area contributed by atoms with Crippen LogP contribution >= 0.6 is 15.9 Å². The van der Waals surface area contributed by atoms with Crippen molar-refractivity contribution in [1.82, 2.24) is 0 Å². The second-order valence-corrected chi connectivity index (χ2v) is 5.52. The summed E-state index contributed by atoms with van der Waals surface area (Å²) in [5.41, 5.74) is 2.61. The maximum absolute atomic E-state index is 13.9. The molecule has 1 amide bonds. The van der Waals surface area contributed by atoms with Crippen molar-refractivity contribution in [2.24, 2.45) is 0 Å². The van der Waals surface area contributed by atoms with Gasteiger partial charge in [0.15, 0.2) is 0 Å². The summed E-state index contributed by atoms with van der Waals surface area (Å²) in [7, 11) is 1.72. The summed E-state index contributed by atoms with van der Waals surface area (Å²) in [6, 6.07) is 12.3. The molecule has 0 unspecified atom stereocenters. The lowest BCUT2D eigenvalue weighted by Crippen LogP contribution is -2.20. The summed E-state index contributed by atoms with van der Waals surface area (Å²) in [4.78, 5) is 13.9. The zero-order valence-corrected chi connectivity index (χ0v) is 12.3. The number of fused-ring (bicyclic) bond motifs is 1. The number of halogens is 2. The molecule has 0 saturated heterocycles. The third-order valence-electron chi connectivity index (χ3n) is 3.35. The van der Waals surface area contributed by atoms with Crippen LogP contribution in [-0.4, -0.2) is 13.0 Å². The molecule has 0 bridgehead atoms. The molecule has 1 aliphatic heterocycles. The minimum absolute atomic E-state index is 0.117. The van der Waals surface area contributed by atoms with Crippen molar-refractivity contribution in [3.05, 3.63) is 63.9 Å². The molecule has 1 aliphatic rings. The van der Waals surface area contributed by atoms with Gasteiger partial charge in [-0.15, -0.1) is 0 Å². The Morgan fingerprint density at radius 1 is 1.20 bits per heavy atom. The normalized spacial score (nSPS) is 15.8. The SMILES string of the molecule is CN1C(=O)/C(=C/c2ccc(Br)cc2F)c2ccccc21. The van der Waals surface area contributed by atoms with Gasteiger partial charge in [0.2, 0.25) is 0 Å². The molecule has 0 aromatic heterocycles. The van der Waals surface area contributed by atoms with E-state index in [4.69, 9.17) is 0 Å². The van der Waals surface area contributed by atoms with Gasteiger partial charge in [0.05, 0.1) is 5.69 Å². The van der Waals surface area contributed by atoms with Crippen LogP contribution in [0.3, 0.4) is 0 Å². The summed E-state index contributed by atoms with van der Waals surface area (Å²) >= 11 is 3.22. The molecule has 0 saturated carbocycles. The van der Waals surface area contributed by atoms with E-state index in [-0.39, 0.29) is 11.7 Å². The van der Waals surface area contributed by atoms with Crippen molar-refractivity contribution < 1.29 is 9.18 Å². The summed E-state index contributed by atoms with van der Waals surface area (Å²) < 4.78 is 14.6. The highest BCUT2D eigenvalue weighted by Crippen LogP contribution is 2.36. The lowest BCUT2D eigenvalue weighted by Gasteiger charge is -2.08. The van der Waals surface area contributed by atoms with Crippen LogP contribution in [0.5, 0.6) is 0 Å². The average Bonchev–Trinajstić information content (AvgIpc) is 2.67. The molecule has 4 heteroatoms. The number of nitrogens with zero attached hydrogens (tertiary/aromatic N) is 1. The van der Waals surface area contributed by atoms with Crippen LogP contribution in [0, 0.1) is 5.82 Å². The fourth-order valence-electron chi connectivity index (χ4n) is 2.31. The van der Waals surface area contributed by atoms with Gasteiger partial charge in [-0.25, -0.2) is 4.39 Å². The van der Waals surface area contributed by atoms with Crippen molar-refractivity contribution in [1.29, 1.82) is 0 Å².